The van der Waals surface area contributed by atoms with Crippen LogP contribution in [0.25, 0.3) is 22.8 Å². The summed E-state index contributed by atoms with van der Waals surface area (Å²) >= 11 is 0. The molecule has 2 N–H and O–H groups in total. The highest BCUT2D eigenvalue weighted by molar-refractivity contribution is 5.67. The number of rotatable bonds is 3. The van der Waals surface area contributed by atoms with Crippen molar-refractivity contribution in [3.05, 3.63) is 48.0 Å². The molecule has 5 nitrogen and oxygen atoms in total. The highest BCUT2D eigenvalue weighted by Gasteiger charge is 2.13. The van der Waals surface area contributed by atoms with Crippen molar-refractivity contribution in [2.24, 2.45) is 0 Å². The minimum atomic E-state index is 0.433. The quantitative estimate of drug-likeness (QED) is 0.745. The van der Waals surface area contributed by atoms with Gasteiger partial charge in [0.2, 0.25) is 5.82 Å². The molecule has 0 spiro atoms. The average molecular weight is 281 g/mol. The highest BCUT2D eigenvalue weighted by Crippen LogP contribution is 2.29. The molecule has 0 saturated heterocycles. The fourth-order valence-corrected chi connectivity index (χ4v) is 2.14. The molecule has 21 heavy (non-hydrogen) atoms. The van der Waals surface area contributed by atoms with E-state index in [2.05, 4.69) is 10.1 Å². The van der Waals surface area contributed by atoms with E-state index in [-0.39, 0.29) is 0 Å². The zero-order valence-corrected chi connectivity index (χ0v) is 11.8. The van der Waals surface area contributed by atoms with Crippen molar-refractivity contribution in [1.82, 2.24) is 10.1 Å². The Hall–Kier alpha value is -2.82. The number of nitrogen functional groups attached to an aromatic ring is 1. The van der Waals surface area contributed by atoms with Gasteiger partial charge in [0.15, 0.2) is 0 Å². The third-order valence-corrected chi connectivity index (χ3v) is 3.29. The first kappa shape index (κ1) is 13.2. The smallest absolute Gasteiger partial charge is 0.258 e. The zero-order chi connectivity index (χ0) is 14.8. The Kier molecular flexibility index (Phi) is 3.31. The first-order chi connectivity index (χ1) is 10.2. The molecular formula is C16H15N3O2. The summed E-state index contributed by atoms with van der Waals surface area (Å²) in [6.45, 7) is 2.01. The van der Waals surface area contributed by atoms with Crippen LogP contribution in [0, 0.1) is 6.92 Å². The molecule has 3 aromatic rings. The molecule has 0 atom stereocenters. The Bertz CT molecular complexity index is 781. The molecule has 3 rings (SSSR count). The molecule has 0 aliphatic rings. The minimum Gasteiger partial charge on any atom is -0.495 e. The van der Waals surface area contributed by atoms with Gasteiger partial charge in [0.25, 0.3) is 5.89 Å². The standard InChI is InChI=1S/C16H15N3O2/c1-10-5-3-4-6-12(10)15-18-16(21-19-15)11-7-8-14(20-2)13(17)9-11/h3-9H,17H2,1-2H3. The predicted molar refractivity (Wildman–Crippen MR) is 80.9 cm³/mol. The van der Waals surface area contributed by atoms with E-state index in [9.17, 15) is 0 Å². The number of nitrogens with two attached hydrogens (primary N) is 1. The van der Waals surface area contributed by atoms with Crippen LogP contribution in [-0.2, 0) is 0 Å². The maximum atomic E-state index is 5.90. The van der Waals surface area contributed by atoms with E-state index in [1.54, 1.807) is 19.2 Å². The van der Waals surface area contributed by atoms with Gasteiger partial charge < -0.3 is 15.0 Å². The average Bonchev–Trinajstić information content (AvgIpc) is 2.97. The van der Waals surface area contributed by atoms with Gasteiger partial charge in [0.1, 0.15) is 5.75 Å². The number of aromatic nitrogens is 2. The number of anilines is 1. The molecule has 5 heteroatoms. The molecule has 106 valence electrons. The summed E-state index contributed by atoms with van der Waals surface area (Å²) in [4.78, 5) is 4.43. The lowest BCUT2D eigenvalue weighted by atomic mass is 10.1. The normalized spacial score (nSPS) is 10.6. The maximum absolute atomic E-state index is 5.90. The molecule has 0 aliphatic carbocycles. The lowest BCUT2D eigenvalue weighted by Gasteiger charge is -2.04. The Labute approximate surface area is 122 Å². The van der Waals surface area contributed by atoms with Gasteiger partial charge in [-0.1, -0.05) is 29.4 Å². The van der Waals surface area contributed by atoms with Crippen LogP contribution in [0.1, 0.15) is 5.56 Å². The van der Waals surface area contributed by atoms with E-state index in [4.69, 9.17) is 15.0 Å². The third-order valence-electron chi connectivity index (χ3n) is 3.29. The van der Waals surface area contributed by atoms with E-state index in [0.717, 1.165) is 16.7 Å². The van der Waals surface area contributed by atoms with Crippen molar-refractivity contribution in [1.29, 1.82) is 0 Å². The molecule has 0 saturated carbocycles. The second-order valence-electron chi connectivity index (χ2n) is 4.69. The molecule has 0 amide bonds. The summed E-state index contributed by atoms with van der Waals surface area (Å²) in [7, 11) is 1.58. The summed E-state index contributed by atoms with van der Waals surface area (Å²) in [6.07, 6.45) is 0. The lowest BCUT2D eigenvalue weighted by molar-refractivity contribution is 0.416. The van der Waals surface area contributed by atoms with Gasteiger partial charge in [-0.3, -0.25) is 0 Å². The van der Waals surface area contributed by atoms with Crippen LogP contribution < -0.4 is 10.5 Å². The lowest BCUT2D eigenvalue weighted by Crippen LogP contribution is -1.92. The van der Waals surface area contributed by atoms with Crippen molar-refractivity contribution in [3.8, 4) is 28.6 Å². The first-order valence-electron chi connectivity index (χ1n) is 6.52. The third kappa shape index (κ3) is 2.45. The van der Waals surface area contributed by atoms with Crippen molar-refractivity contribution >= 4 is 5.69 Å². The van der Waals surface area contributed by atoms with Crippen molar-refractivity contribution in [3.63, 3.8) is 0 Å². The number of ether oxygens (including phenoxy) is 1. The van der Waals surface area contributed by atoms with Crippen LogP contribution in [0.5, 0.6) is 5.75 Å². The number of hydrogen-bond acceptors (Lipinski definition) is 5. The summed E-state index contributed by atoms with van der Waals surface area (Å²) in [5, 5.41) is 4.04. The molecule has 0 bridgehead atoms. The number of hydrogen-bond donors (Lipinski definition) is 1. The Morgan fingerprint density at radius 2 is 1.95 bits per heavy atom. The van der Waals surface area contributed by atoms with E-state index >= 15 is 0 Å². The molecule has 2 aromatic carbocycles. The Morgan fingerprint density at radius 1 is 1.14 bits per heavy atom. The monoisotopic (exact) mass is 281 g/mol. The van der Waals surface area contributed by atoms with Crippen molar-refractivity contribution in [2.45, 2.75) is 6.92 Å². The Morgan fingerprint density at radius 3 is 2.67 bits per heavy atom. The zero-order valence-electron chi connectivity index (χ0n) is 11.8. The fourth-order valence-electron chi connectivity index (χ4n) is 2.14. The molecule has 1 aromatic heterocycles. The van der Waals surface area contributed by atoms with E-state index in [1.165, 1.54) is 0 Å². The van der Waals surface area contributed by atoms with Crippen LogP contribution in [-0.4, -0.2) is 17.3 Å². The Balaban J connectivity index is 1.99. The second-order valence-corrected chi connectivity index (χ2v) is 4.69. The van der Waals surface area contributed by atoms with E-state index in [1.807, 2.05) is 37.3 Å². The maximum Gasteiger partial charge on any atom is 0.258 e. The highest BCUT2D eigenvalue weighted by atomic mass is 16.5. The van der Waals surface area contributed by atoms with Gasteiger partial charge in [-0.15, -0.1) is 0 Å². The van der Waals surface area contributed by atoms with Gasteiger partial charge in [-0.2, -0.15) is 4.98 Å². The van der Waals surface area contributed by atoms with Crippen LogP contribution in [0.3, 0.4) is 0 Å². The largest absolute Gasteiger partial charge is 0.495 e. The number of methoxy groups -OCH3 is 1. The van der Waals surface area contributed by atoms with E-state index < -0.39 is 0 Å². The molecule has 1 heterocycles. The SMILES string of the molecule is COc1ccc(-c2nc(-c3ccccc3C)no2)cc1N. The van der Waals surface area contributed by atoms with Crippen LogP contribution in [0.2, 0.25) is 0 Å². The van der Waals surface area contributed by atoms with E-state index in [0.29, 0.717) is 23.2 Å². The van der Waals surface area contributed by atoms with Gasteiger partial charge in [-0.05, 0) is 30.7 Å². The minimum absolute atomic E-state index is 0.433. The molecule has 0 radical (unpaired) electrons. The summed E-state index contributed by atoms with van der Waals surface area (Å²) in [5.74, 6) is 1.62. The summed E-state index contributed by atoms with van der Waals surface area (Å²) in [5.41, 5.74) is 9.24. The van der Waals surface area contributed by atoms with Crippen LogP contribution >= 0.6 is 0 Å². The van der Waals surface area contributed by atoms with Crippen LogP contribution in [0.4, 0.5) is 5.69 Å². The predicted octanol–water partition coefficient (Wildman–Crippen LogP) is 3.30. The summed E-state index contributed by atoms with van der Waals surface area (Å²) in [6, 6.07) is 13.3. The van der Waals surface area contributed by atoms with Crippen molar-refractivity contribution < 1.29 is 9.26 Å². The van der Waals surface area contributed by atoms with Gasteiger partial charge in [0, 0.05) is 11.1 Å². The van der Waals surface area contributed by atoms with Gasteiger partial charge >= 0.3 is 0 Å². The topological polar surface area (TPSA) is 74.2 Å². The van der Waals surface area contributed by atoms with Crippen LogP contribution in [0.15, 0.2) is 47.0 Å². The fraction of sp³-hybridized carbons (Fsp3) is 0.125. The molecular weight excluding hydrogens is 266 g/mol. The first-order valence-corrected chi connectivity index (χ1v) is 6.52. The molecule has 0 unspecified atom stereocenters. The number of aryl methyl sites for hydroxylation is 1. The summed E-state index contributed by atoms with van der Waals surface area (Å²) < 4.78 is 10.5. The number of nitrogens with zero attached hydrogens (tertiary/aromatic N) is 2. The van der Waals surface area contributed by atoms with Gasteiger partial charge in [-0.25, -0.2) is 0 Å². The van der Waals surface area contributed by atoms with Crippen molar-refractivity contribution in [2.75, 3.05) is 12.8 Å². The second kappa shape index (κ2) is 5.28. The van der Waals surface area contributed by atoms with Gasteiger partial charge in [0.05, 0.1) is 12.8 Å². The number of benzene rings is 2. The molecule has 0 fully saturated rings. The molecule has 0 aliphatic heterocycles.